The Balaban J connectivity index is 1.73. The minimum absolute atomic E-state index is 0.0389. The number of benzene rings is 2. The molecule has 172 valence electrons. The molecule has 1 amide bonds. The van der Waals surface area contributed by atoms with E-state index >= 15 is 0 Å². The Hall–Kier alpha value is -2.56. The van der Waals surface area contributed by atoms with Crippen molar-refractivity contribution in [2.24, 2.45) is 0 Å². The zero-order valence-corrected chi connectivity index (χ0v) is 18.7. The molecule has 1 heterocycles. The third-order valence-electron chi connectivity index (χ3n) is 4.94. The Bertz CT molecular complexity index is 1140. The predicted octanol–water partition coefficient (Wildman–Crippen LogP) is 3.98. The van der Waals surface area contributed by atoms with Crippen LogP contribution in [0, 0.1) is 11.6 Å². The first-order chi connectivity index (χ1) is 15.1. The number of carbonyl (C=O) groups excluding carboxylic acids is 2. The first-order valence-electron chi connectivity index (χ1n) is 9.86. The van der Waals surface area contributed by atoms with Crippen LogP contribution >= 0.6 is 11.6 Å². The van der Waals surface area contributed by atoms with Gasteiger partial charge in [0, 0.05) is 13.1 Å². The lowest BCUT2D eigenvalue weighted by atomic mass is 10.2. The van der Waals surface area contributed by atoms with Crippen LogP contribution in [0.15, 0.2) is 41.3 Å². The fourth-order valence-electron chi connectivity index (χ4n) is 3.18. The molecule has 7 nitrogen and oxygen atoms in total. The first-order valence-corrected chi connectivity index (χ1v) is 11.7. The standard InChI is InChI=1S/C21H21ClF2N2O5S/c1-13(20(27)25-18-8-6-15(23)12-16(18)22)31-21(28)14-5-7-17(24)19(11-14)32(29,30)26-9-3-2-4-10-26/h5-8,11-13H,2-4,9-10H2,1H3,(H,25,27)/t13-/m0/s1. The van der Waals surface area contributed by atoms with Gasteiger partial charge >= 0.3 is 5.97 Å². The minimum atomic E-state index is -4.12. The minimum Gasteiger partial charge on any atom is -0.449 e. The number of ether oxygens (including phenoxy) is 1. The van der Waals surface area contributed by atoms with Crippen LogP contribution in [0.4, 0.5) is 14.5 Å². The number of carbonyl (C=O) groups is 2. The van der Waals surface area contributed by atoms with E-state index in [0.29, 0.717) is 12.8 Å². The molecule has 1 N–H and O–H groups in total. The van der Waals surface area contributed by atoms with Crippen LogP contribution in [0.1, 0.15) is 36.5 Å². The highest BCUT2D eigenvalue weighted by atomic mass is 35.5. The number of hydrogen-bond acceptors (Lipinski definition) is 5. The zero-order valence-electron chi connectivity index (χ0n) is 17.1. The van der Waals surface area contributed by atoms with Gasteiger partial charge in [0.1, 0.15) is 16.5 Å². The molecule has 0 bridgehead atoms. The van der Waals surface area contributed by atoms with Crippen LogP contribution < -0.4 is 5.32 Å². The second kappa shape index (κ2) is 9.93. The molecular weight excluding hydrogens is 466 g/mol. The van der Waals surface area contributed by atoms with E-state index in [-0.39, 0.29) is 29.4 Å². The van der Waals surface area contributed by atoms with Crippen LogP contribution in [0.25, 0.3) is 0 Å². The fourth-order valence-corrected chi connectivity index (χ4v) is 5.00. The van der Waals surface area contributed by atoms with Gasteiger partial charge in [0.05, 0.1) is 16.3 Å². The van der Waals surface area contributed by atoms with Gasteiger partial charge in [-0.1, -0.05) is 18.0 Å². The third-order valence-corrected chi connectivity index (χ3v) is 7.17. The van der Waals surface area contributed by atoms with Crippen molar-refractivity contribution in [2.75, 3.05) is 18.4 Å². The third kappa shape index (κ3) is 5.43. The molecule has 1 saturated heterocycles. The van der Waals surface area contributed by atoms with Crippen LogP contribution in [-0.4, -0.2) is 43.8 Å². The van der Waals surface area contributed by atoms with Gasteiger partial charge in [0.2, 0.25) is 10.0 Å². The molecule has 1 atom stereocenters. The van der Waals surface area contributed by atoms with Crippen molar-refractivity contribution >= 4 is 39.2 Å². The fraction of sp³-hybridized carbons (Fsp3) is 0.333. The quantitative estimate of drug-likeness (QED) is 0.623. The highest BCUT2D eigenvalue weighted by Crippen LogP contribution is 2.25. The van der Waals surface area contributed by atoms with Gasteiger partial charge in [-0.05, 0) is 56.2 Å². The number of esters is 1. The molecular formula is C21H21ClF2N2O5S. The van der Waals surface area contributed by atoms with Gasteiger partial charge in [-0.2, -0.15) is 4.31 Å². The molecule has 11 heteroatoms. The van der Waals surface area contributed by atoms with Crippen molar-refractivity contribution in [1.82, 2.24) is 4.31 Å². The molecule has 0 aromatic heterocycles. The lowest BCUT2D eigenvalue weighted by Crippen LogP contribution is -2.36. The Morgan fingerprint density at radius 3 is 2.44 bits per heavy atom. The van der Waals surface area contributed by atoms with Gasteiger partial charge in [0.25, 0.3) is 5.91 Å². The van der Waals surface area contributed by atoms with Gasteiger partial charge < -0.3 is 10.1 Å². The molecule has 0 spiro atoms. The molecule has 3 rings (SSSR count). The summed E-state index contributed by atoms with van der Waals surface area (Å²) in [7, 11) is -4.12. The number of nitrogens with zero attached hydrogens (tertiary/aromatic N) is 1. The topological polar surface area (TPSA) is 92.8 Å². The monoisotopic (exact) mass is 486 g/mol. The van der Waals surface area contributed by atoms with Crippen LogP contribution in [-0.2, 0) is 19.6 Å². The van der Waals surface area contributed by atoms with Gasteiger partial charge in [-0.3, -0.25) is 4.79 Å². The number of rotatable bonds is 6. The van der Waals surface area contributed by atoms with Crippen molar-refractivity contribution in [3.05, 3.63) is 58.6 Å². The zero-order chi connectivity index (χ0) is 23.5. The molecule has 0 radical (unpaired) electrons. The second-order valence-electron chi connectivity index (χ2n) is 7.27. The van der Waals surface area contributed by atoms with E-state index in [9.17, 15) is 26.8 Å². The van der Waals surface area contributed by atoms with Crippen molar-refractivity contribution in [3.63, 3.8) is 0 Å². The van der Waals surface area contributed by atoms with E-state index in [2.05, 4.69) is 5.32 Å². The smallest absolute Gasteiger partial charge is 0.338 e. The SMILES string of the molecule is C[C@H](OC(=O)c1ccc(F)c(S(=O)(=O)N2CCCCC2)c1)C(=O)Nc1ccc(F)cc1Cl. The van der Waals surface area contributed by atoms with Crippen LogP contribution in [0.2, 0.25) is 5.02 Å². The summed E-state index contributed by atoms with van der Waals surface area (Å²) >= 11 is 5.86. The molecule has 2 aromatic rings. The molecule has 32 heavy (non-hydrogen) atoms. The highest BCUT2D eigenvalue weighted by molar-refractivity contribution is 7.89. The Morgan fingerprint density at radius 2 is 1.78 bits per heavy atom. The average molecular weight is 487 g/mol. The lowest BCUT2D eigenvalue weighted by molar-refractivity contribution is -0.123. The number of piperidine rings is 1. The number of anilines is 1. The van der Waals surface area contributed by atoms with Crippen molar-refractivity contribution in [2.45, 2.75) is 37.2 Å². The maximum atomic E-state index is 14.3. The molecule has 0 aliphatic carbocycles. The molecule has 0 saturated carbocycles. The number of amides is 1. The summed E-state index contributed by atoms with van der Waals surface area (Å²) < 4.78 is 59.3. The lowest BCUT2D eigenvalue weighted by Gasteiger charge is -2.26. The van der Waals surface area contributed by atoms with Gasteiger partial charge in [-0.15, -0.1) is 0 Å². The van der Waals surface area contributed by atoms with Gasteiger partial charge in [-0.25, -0.2) is 22.0 Å². The normalized spacial score (nSPS) is 15.8. The Labute approximate surface area is 189 Å². The molecule has 1 aliphatic rings. The Morgan fingerprint density at radius 1 is 1.09 bits per heavy atom. The molecule has 0 unspecified atom stereocenters. The summed E-state index contributed by atoms with van der Waals surface area (Å²) in [5.41, 5.74) is -0.0980. The van der Waals surface area contributed by atoms with E-state index in [0.717, 1.165) is 36.8 Å². The average Bonchev–Trinajstić information content (AvgIpc) is 2.76. The summed E-state index contributed by atoms with van der Waals surface area (Å²) in [6, 6.07) is 6.22. The largest absolute Gasteiger partial charge is 0.449 e. The Kier molecular flexibility index (Phi) is 7.47. The van der Waals surface area contributed by atoms with Gasteiger partial charge in [0.15, 0.2) is 6.10 Å². The van der Waals surface area contributed by atoms with E-state index < -0.39 is 44.5 Å². The number of halogens is 3. The maximum absolute atomic E-state index is 14.3. The summed E-state index contributed by atoms with van der Waals surface area (Å²) in [4.78, 5) is 24.2. The summed E-state index contributed by atoms with van der Waals surface area (Å²) in [6.07, 6.45) is 0.945. The predicted molar refractivity (Wildman–Crippen MR) is 114 cm³/mol. The van der Waals surface area contributed by atoms with E-state index in [1.165, 1.54) is 17.3 Å². The van der Waals surface area contributed by atoms with E-state index in [1.807, 2.05) is 0 Å². The first kappa shape index (κ1) is 24.1. The second-order valence-corrected chi connectivity index (χ2v) is 9.58. The molecule has 1 fully saturated rings. The number of nitrogens with one attached hydrogen (secondary N) is 1. The van der Waals surface area contributed by atoms with Crippen LogP contribution in [0.3, 0.4) is 0 Å². The summed E-state index contributed by atoms with van der Waals surface area (Å²) in [6.45, 7) is 1.85. The summed E-state index contributed by atoms with van der Waals surface area (Å²) in [5, 5.41) is 2.37. The van der Waals surface area contributed by atoms with Crippen LogP contribution in [0.5, 0.6) is 0 Å². The van der Waals surface area contributed by atoms with Crippen molar-refractivity contribution < 1.29 is 31.5 Å². The molecule has 2 aromatic carbocycles. The maximum Gasteiger partial charge on any atom is 0.338 e. The highest BCUT2D eigenvalue weighted by Gasteiger charge is 2.30. The molecule has 1 aliphatic heterocycles. The number of sulfonamides is 1. The van der Waals surface area contributed by atoms with Crippen molar-refractivity contribution in [3.8, 4) is 0 Å². The van der Waals surface area contributed by atoms with E-state index in [1.54, 1.807) is 0 Å². The summed E-state index contributed by atoms with van der Waals surface area (Å²) in [5.74, 6) is -3.31. The van der Waals surface area contributed by atoms with Crippen molar-refractivity contribution in [1.29, 1.82) is 0 Å². The van der Waals surface area contributed by atoms with E-state index in [4.69, 9.17) is 16.3 Å². The number of hydrogen-bond donors (Lipinski definition) is 1.